The molecular weight excluding hydrogens is 186 g/mol. The molecule has 0 aliphatic carbocycles. The second kappa shape index (κ2) is 4.28. The lowest BCUT2D eigenvalue weighted by Gasteiger charge is -1.99. The number of allylic oxidation sites excluding steroid dienone is 2. The number of nitrogens with zero attached hydrogens (tertiary/aromatic N) is 1. The molecule has 4 heteroatoms. The first-order chi connectivity index (χ1) is 6.65. The monoisotopic (exact) mass is 192 g/mol. The summed E-state index contributed by atoms with van der Waals surface area (Å²) in [5.41, 5.74) is -0.193. The van der Waals surface area contributed by atoms with E-state index in [1.54, 1.807) is 6.07 Å². The van der Waals surface area contributed by atoms with Crippen LogP contribution in [0, 0.1) is 28.4 Å². The summed E-state index contributed by atoms with van der Waals surface area (Å²) >= 11 is 0. The van der Waals surface area contributed by atoms with Gasteiger partial charge < -0.3 is 5.41 Å². The lowest BCUT2D eigenvalue weighted by molar-refractivity contribution is 0.582. The molecular formula is C10H6F2N2. The third-order valence-electron chi connectivity index (χ3n) is 1.55. The molecule has 0 radical (unpaired) electrons. The van der Waals surface area contributed by atoms with Crippen LogP contribution in [0.2, 0.25) is 0 Å². The molecule has 0 unspecified atom stereocenters. The quantitative estimate of drug-likeness (QED) is 0.567. The van der Waals surface area contributed by atoms with Crippen molar-refractivity contribution >= 4 is 5.71 Å². The summed E-state index contributed by atoms with van der Waals surface area (Å²) in [5.74, 6) is -1.50. The molecule has 0 aliphatic rings. The lowest BCUT2D eigenvalue weighted by atomic mass is 10.1. The average Bonchev–Trinajstić information content (AvgIpc) is 2.14. The maximum atomic E-state index is 13.0. The largest absolute Gasteiger partial charge is 0.300 e. The molecule has 0 atom stereocenters. The molecule has 1 aromatic rings. The van der Waals surface area contributed by atoms with E-state index in [0.717, 1.165) is 24.3 Å². The van der Waals surface area contributed by atoms with Crippen LogP contribution >= 0.6 is 0 Å². The maximum absolute atomic E-state index is 13.0. The summed E-state index contributed by atoms with van der Waals surface area (Å²) in [5, 5.41) is 15.5. The summed E-state index contributed by atoms with van der Waals surface area (Å²) in [4.78, 5) is 0. The van der Waals surface area contributed by atoms with Gasteiger partial charge in [0.15, 0.2) is 0 Å². The van der Waals surface area contributed by atoms with E-state index < -0.39 is 11.6 Å². The first-order valence-corrected chi connectivity index (χ1v) is 3.75. The molecule has 1 rings (SSSR count). The zero-order valence-corrected chi connectivity index (χ0v) is 7.09. The van der Waals surface area contributed by atoms with Crippen LogP contribution < -0.4 is 0 Å². The number of hydrogen-bond donors (Lipinski definition) is 1. The Balaban J connectivity index is 3.03. The van der Waals surface area contributed by atoms with E-state index >= 15 is 0 Å². The number of rotatable bonds is 2. The fourth-order valence-electron chi connectivity index (χ4n) is 0.918. The van der Waals surface area contributed by atoms with E-state index in [9.17, 15) is 8.78 Å². The second-order valence-electron chi connectivity index (χ2n) is 2.50. The Kier molecular flexibility index (Phi) is 3.08. The van der Waals surface area contributed by atoms with Gasteiger partial charge >= 0.3 is 0 Å². The molecule has 0 spiro atoms. The Morgan fingerprint density at radius 2 is 2.14 bits per heavy atom. The van der Waals surface area contributed by atoms with Crippen molar-refractivity contribution in [1.29, 1.82) is 10.7 Å². The van der Waals surface area contributed by atoms with E-state index in [4.69, 9.17) is 10.7 Å². The summed E-state index contributed by atoms with van der Waals surface area (Å²) in [6.07, 6.45) is 2.21. The van der Waals surface area contributed by atoms with Gasteiger partial charge in [0.25, 0.3) is 0 Å². The summed E-state index contributed by atoms with van der Waals surface area (Å²) < 4.78 is 25.5. The minimum absolute atomic E-state index is 0.0297. The zero-order valence-electron chi connectivity index (χ0n) is 7.09. The zero-order chi connectivity index (χ0) is 10.6. The summed E-state index contributed by atoms with van der Waals surface area (Å²) in [6.45, 7) is 0. The van der Waals surface area contributed by atoms with Crippen LogP contribution in [0.3, 0.4) is 0 Å². The molecule has 0 aliphatic heterocycles. The van der Waals surface area contributed by atoms with Crippen molar-refractivity contribution in [3.63, 3.8) is 0 Å². The highest BCUT2D eigenvalue weighted by Crippen LogP contribution is 2.10. The first-order valence-electron chi connectivity index (χ1n) is 3.75. The molecule has 0 saturated heterocycles. The molecule has 14 heavy (non-hydrogen) atoms. The number of nitriles is 1. The third kappa shape index (κ3) is 2.23. The Hall–Kier alpha value is -2.02. The van der Waals surface area contributed by atoms with Gasteiger partial charge in [0.2, 0.25) is 0 Å². The molecule has 0 amide bonds. The predicted molar refractivity (Wildman–Crippen MR) is 47.9 cm³/mol. The fraction of sp³-hybridized carbons (Fsp3) is 0. The van der Waals surface area contributed by atoms with Gasteiger partial charge in [0, 0.05) is 17.7 Å². The van der Waals surface area contributed by atoms with Gasteiger partial charge in [-0.05, 0) is 18.2 Å². The van der Waals surface area contributed by atoms with Gasteiger partial charge in [-0.25, -0.2) is 8.78 Å². The molecule has 70 valence electrons. The van der Waals surface area contributed by atoms with E-state index in [0.29, 0.717) is 6.07 Å². The highest BCUT2D eigenvalue weighted by atomic mass is 19.1. The van der Waals surface area contributed by atoms with Crippen molar-refractivity contribution in [3.05, 3.63) is 47.5 Å². The van der Waals surface area contributed by atoms with E-state index in [2.05, 4.69) is 0 Å². The normalized spacial score (nSPS) is 10.1. The van der Waals surface area contributed by atoms with Crippen molar-refractivity contribution in [2.24, 2.45) is 0 Å². The standard InChI is InChI=1S/C10H6F2N2/c11-7-3-4-8(9(12)6-7)10(14)2-1-5-13/h1-4,6,14H/b2-1-,14-10?. The Bertz CT molecular complexity index is 430. The van der Waals surface area contributed by atoms with Gasteiger partial charge in [0.1, 0.15) is 11.6 Å². The molecule has 0 bridgehead atoms. The van der Waals surface area contributed by atoms with Crippen molar-refractivity contribution in [2.75, 3.05) is 0 Å². The molecule has 1 N–H and O–H groups in total. The first kappa shape index (κ1) is 10.1. The van der Waals surface area contributed by atoms with Gasteiger partial charge in [-0.1, -0.05) is 0 Å². The molecule has 2 nitrogen and oxygen atoms in total. The second-order valence-corrected chi connectivity index (χ2v) is 2.50. The summed E-state index contributed by atoms with van der Waals surface area (Å²) in [6, 6.07) is 4.60. The summed E-state index contributed by atoms with van der Waals surface area (Å²) in [7, 11) is 0. The fourth-order valence-corrected chi connectivity index (χ4v) is 0.918. The predicted octanol–water partition coefficient (Wildman–Crippen LogP) is 2.41. The minimum Gasteiger partial charge on any atom is -0.300 e. The molecule has 1 aromatic carbocycles. The van der Waals surface area contributed by atoms with Crippen LogP contribution in [0.25, 0.3) is 0 Å². The number of benzene rings is 1. The van der Waals surface area contributed by atoms with Crippen LogP contribution in [0.1, 0.15) is 5.56 Å². The minimum atomic E-state index is -0.808. The lowest BCUT2D eigenvalue weighted by Crippen LogP contribution is -1.98. The molecule has 0 saturated carbocycles. The molecule has 0 aromatic heterocycles. The van der Waals surface area contributed by atoms with Crippen molar-refractivity contribution in [1.82, 2.24) is 0 Å². The van der Waals surface area contributed by atoms with Gasteiger partial charge in [-0.2, -0.15) is 5.26 Å². The highest BCUT2D eigenvalue weighted by Gasteiger charge is 2.06. The number of halogens is 2. The van der Waals surface area contributed by atoms with Crippen LogP contribution in [-0.2, 0) is 0 Å². The topological polar surface area (TPSA) is 47.6 Å². The number of hydrogen-bond acceptors (Lipinski definition) is 2. The van der Waals surface area contributed by atoms with Crippen molar-refractivity contribution in [3.8, 4) is 6.07 Å². The van der Waals surface area contributed by atoms with Crippen LogP contribution in [0.5, 0.6) is 0 Å². The SMILES string of the molecule is N#C/C=C\C(=N)c1ccc(F)cc1F. The van der Waals surface area contributed by atoms with Gasteiger partial charge in [0.05, 0.1) is 11.8 Å². The molecule has 0 fully saturated rings. The van der Waals surface area contributed by atoms with Crippen LogP contribution in [-0.4, -0.2) is 5.71 Å². The van der Waals surface area contributed by atoms with E-state index in [1.165, 1.54) is 0 Å². The van der Waals surface area contributed by atoms with Gasteiger partial charge in [-0.3, -0.25) is 0 Å². The van der Waals surface area contributed by atoms with Crippen molar-refractivity contribution in [2.45, 2.75) is 0 Å². The highest BCUT2D eigenvalue weighted by molar-refractivity contribution is 6.06. The van der Waals surface area contributed by atoms with E-state index in [-0.39, 0.29) is 11.3 Å². The Morgan fingerprint density at radius 1 is 1.43 bits per heavy atom. The van der Waals surface area contributed by atoms with Crippen LogP contribution in [0.15, 0.2) is 30.4 Å². The average molecular weight is 192 g/mol. The Morgan fingerprint density at radius 3 is 2.71 bits per heavy atom. The molecule has 0 heterocycles. The third-order valence-corrected chi connectivity index (χ3v) is 1.55. The van der Waals surface area contributed by atoms with Gasteiger partial charge in [-0.15, -0.1) is 0 Å². The van der Waals surface area contributed by atoms with E-state index in [1.807, 2.05) is 0 Å². The Labute approximate surface area is 79.6 Å². The smallest absolute Gasteiger partial charge is 0.135 e. The van der Waals surface area contributed by atoms with Crippen LogP contribution in [0.4, 0.5) is 8.78 Å². The van der Waals surface area contributed by atoms with Crippen molar-refractivity contribution < 1.29 is 8.78 Å². The number of nitrogens with one attached hydrogen (secondary N) is 1. The maximum Gasteiger partial charge on any atom is 0.135 e.